The Morgan fingerprint density at radius 1 is 1.03 bits per heavy atom. The van der Waals surface area contributed by atoms with Crippen molar-refractivity contribution in [2.75, 3.05) is 45.7 Å². The number of fused-ring (bicyclic) bond motifs is 1. The number of hydrogen-bond donors (Lipinski definition) is 2. The van der Waals surface area contributed by atoms with E-state index in [2.05, 4.69) is 61.4 Å². The molecule has 3 aromatic heterocycles. The number of ether oxygens (including phenoxy) is 1. The highest BCUT2D eigenvalue weighted by molar-refractivity contribution is 5.84. The third kappa shape index (κ3) is 4.67. The second-order valence-corrected chi connectivity index (χ2v) is 8.56. The van der Waals surface area contributed by atoms with Crippen molar-refractivity contribution >= 4 is 22.8 Å². The zero-order valence-corrected chi connectivity index (χ0v) is 19.3. The van der Waals surface area contributed by atoms with Crippen molar-refractivity contribution in [3.63, 3.8) is 0 Å². The summed E-state index contributed by atoms with van der Waals surface area (Å²) in [5.74, 6) is 2.10. The molecule has 0 saturated carbocycles. The van der Waals surface area contributed by atoms with E-state index in [0.29, 0.717) is 11.8 Å². The van der Waals surface area contributed by atoms with Gasteiger partial charge in [-0.1, -0.05) is 6.07 Å². The van der Waals surface area contributed by atoms with Crippen molar-refractivity contribution < 1.29 is 4.74 Å². The van der Waals surface area contributed by atoms with Crippen LogP contribution >= 0.6 is 0 Å². The summed E-state index contributed by atoms with van der Waals surface area (Å²) < 4.78 is 5.37. The maximum absolute atomic E-state index is 5.37. The van der Waals surface area contributed by atoms with Gasteiger partial charge in [-0.15, -0.1) is 0 Å². The van der Waals surface area contributed by atoms with Crippen LogP contribution in [0.5, 0.6) is 5.88 Å². The number of imidazole rings is 1. The van der Waals surface area contributed by atoms with Gasteiger partial charge in [0.1, 0.15) is 5.82 Å². The lowest BCUT2D eigenvalue weighted by Crippen LogP contribution is -2.43. The number of methoxy groups -OCH3 is 1. The molecule has 0 bridgehead atoms. The average Bonchev–Trinajstić information content (AvgIpc) is 3.22. The fraction of sp³-hybridized carbons (Fsp3) is 0.320. The van der Waals surface area contributed by atoms with E-state index in [1.807, 2.05) is 25.3 Å². The van der Waals surface area contributed by atoms with Crippen LogP contribution < -0.4 is 10.1 Å². The maximum atomic E-state index is 5.37. The highest BCUT2D eigenvalue weighted by Gasteiger charge is 2.14. The highest BCUT2D eigenvalue weighted by atomic mass is 16.5. The summed E-state index contributed by atoms with van der Waals surface area (Å²) in [4.78, 5) is 21.7. The summed E-state index contributed by atoms with van der Waals surface area (Å²) in [5.41, 5.74) is 6.29. The predicted molar refractivity (Wildman–Crippen MR) is 131 cm³/mol. The molecule has 0 unspecified atom stereocenters. The number of hydrogen-bond acceptors (Lipinski definition) is 7. The van der Waals surface area contributed by atoms with Gasteiger partial charge >= 0.3 is 0 Å². The number of rotatable bonds is 6. The Morgan fingerprint density at radius 3 is 2.67 bits per heavy atom. The number of nitrogens with one attached hydrogen (secondary N) is 2. The third-order valence-corrected chi connectivity index (χ3v) is 6.22. The molecule has 8 nitrogen and oxygen atoms in total. The Kier molecular flexibility index (Phi) is 5.93. The molecule has 1 fully saturated rings. The number of anilines is 2. The van der Waals surface area contributed by atoms with Gasteiger partial charge in [-0.3, -0.25) is 4.90 Å². The minimum Gasteiger partial charge on any atom is -0.481 e. The first-order valence-electron chi connectivity index (χ1n) is 11.2. The molecule has 0 atom stereocenters. The lowest BCUT2D eigenvalue weighted by Gasteiger charge is -2.32. The molecule has 1 aliphatic heterocycles. The Balaban J connectivity index is 1.34. The molecule has 1 saturated heterocycles. The summed E-state index contributed by atoms with van der Waals surface area (Å²) in [5, 5.41) is 3.33. The van der Waals surface area contributed by atoms with Crippen molar-refractivity contribution in [2.45, 2.75) is 13.5 Å². The quantitative estimate of drug-likeness (QED) is 0.469. The van der Waals surface area contributed by atoms with E-state index < -0.39 is 0 Å². The van der Waals surface area contributed by atoms with Gasteiger partial charge in [0.05, 0.1) is 18.1 Å². The highest BCUT2D eigenvalue weighted by Crippen LogP contribution is 2.30. The molecule has 1 aliphatic rings. The number of aromatic nitrogens is 4. The van der Waals surface area contributed by atoms with Crippen molar-refractivity contribution in [3.05, 3.63) is 59.9 Å². The zero-order valence-electron chi connectivity index (χ0n) is 19.3. The smallest absolute Gasteiger partial charge is 0.216 e. The van der Waals surface area contributed by atoms with E-state index in [1.54, 1.807) is 13.3 Å². The van der Waals surface area contributed by atoms with Crippen molar-refractivity contribution in [1.82, 2.24) is 29.7 Å². The lowest BCUT2D eigenvalue weighted by molar-refractivity contribution is 0.148. The van der Waals surface area contributed by atoms with Gasteiger partial charge in [-0.2, -0.15) is 0 Å². The Labute approximate surface area is 193 Å². The second kappa shape index (κ2) is 9.17. The molecule has 8 heteroatoms. The largest absolute Gasteiger partial charge is 0.481 e. The summed E-state index contributed by atoms with van der Waals surface area (Å²) in [7, 11) is 3.82. The lowest BCUT2D eigenvalue weighted by atomic mass is 10.0. The standard InChI is InChI=1S/C25H29N7O/c1-17-20(7-9-27-24(17)33-3)19-4-5-21-22(15-19)29-25(28-21)30-23-14-18(6-8-26-23)16-32-12-10-31(2)11-13-32/h4-9,14-15H,10-13,16H2,1-3H3,(H2,26,28,29,30). The SMILES string of the molecule is COc1nccc(-c2ccc3nc(Nc4cc(CN5CCN(C)CC5)ccn4)[nH]c3c2)c1C. The van der Waals surface area contributed by atoms with Crippen LogP contribution in [0.1, 0.15) is 11.1 Å². The molecule has 0 spiro atoms. The van der Waals surface area contributed by atoms with E-state index >= 15 is 0 Å². The van der Waals surface area contributed by atoms with E-state index in [-0.39, 0.29) is 0 Å². The van der Waals surface area contributed by atoms with Crippen LogP contribution in [-0.2, 0) is 6.54 Å². The number of H-pyrrole nitrogens is 1. The average molecular weight is 444 g/mol. The first kappa shape index (κ1) is 21.4. The molecule has 5 rings (SSSR count). The van der Waals surface area contributed by atoms with Gasteiger partial charge in [0.25, 0.3) is 0 Å². The van der Waals surface area contributed by atoms with Crippen LogP contribution in [0.3, 0.4) is 0 Å². The summed E-state index contributed by atoms with van der Waals surface area (Å²) in [6.45, 7) is 7.37. The molecule has 33 heavy (non-hydrogen) atoms. The molecule has 0 radical (unpaired) electrons. The van der Waals surface area contributed by atoms with E-state index in [0.717, 1.165) is 66.3 Å². The van der Waals surface area contributed by atoms with Crippen LogP contribution in [-0.4, -0.2) is 70.1 Å². The van der Waals surface area contributed by atoms with Crippen molar-refractivity contribution in [3.8, 4) is 17.0 Å². The van der Waals surface area contributed by atoms with Crippen LogP contribution in [0, 0.1) is 6.92 Å². The molecular formula is C25H29N7O. The Morgan fingerprint density at radius 2 is 1.85 bits per heavy atom. The minimum absolute atomic E-state index is 0.641. The monoisotopic (exact) mass is 443 g/mol. The van der Waals surface area contributed by atoms with Crippen LogP contribution in [0.15, 0.2) is 48.8 Å². The molecule has 170 valence electrons. The summed E-state index contributed by atoms with van der Waals surface area (Å²) in [6.07, 6.45) is 3.63. The van der Waals surface area contributed by atoms with Crippen molar-refractivity contribution in [2.24, 2.45) is 0 Å². The normalized spacial score (nSPS) is 15.1. The van der Waals surface area contributed by atoms with Crippen LogP contribution in [0.25, 0.3) is 22.2 Å². The van der Waals surface area contributed by atoms with Crippen LogP contribution in [0.2, 0.25) is 0 Å². The molecule has 0 amide bonds. The second-order valence-electron chi connectivity index (χ2n) is 8.56. The van der Waals surface area contributed by atoms with Crippen LogP contribution in [0.4, 0.5) is 11.8 Å². The molecule has 4 heterocycles. The number of likely N-dealkylation sites (N-methyl/N-ethyl adjacent to an activating group) is 1. The molecule has 2 N–H and O–H groups in total. The molecular weight excluding hydrogens is 414 g/mol. The third-order valence-electron chi connectivity index (χ3n) is 6.22. The number of nitrogens with zero attached hydrogens (tertiary/aromatic N) is 5. The fourth-order valence-corrected chi connectivity index (χ4v) is 4.30. The zero-order chi connectivity index (χ0) is 22.8. The topological polar surface area (TPSA) is 82.2 Å². The van der Waals surface area contributed by atoms with Gasteiger partial charge in [0, 0.05) is 50.7 Å². The number of aromatic amines is 1. The number of benzene rings is 1. The van der Waals surface area contributed by atoms with E-state index in [1.165, 1.54) is 5.56 Å². The van der Waals surface area contributed by atoms with E-state index in [9.17, 15) is 0 Å². The predicted octanol–water partition coefficient (Wildman–Crippen LogP) is 3.83. The number of pyridine rings is 2. The molecule has 1 aromatic carbocycles. The fourth-order valence-electron chi connectivity index (χ4n) is 4.30. The van der Waals surface area contributed by atoms with Crippen molar-refractivity contribution in [1.29, 1.82) is 0 Å². The summed E-state index contributed by atoms with van der Waals surface area (Å²) >= 11 is 0. The first-order chi connectivity index (χ1) is 16.1. The molecule has 0 aliphatic carbocycles. The number of piperazine rings is 1. The van der Waals surface area contributed by atoms with Gasteiger partial charge < -0.3 is 19.9 Å². The first-order valence-corrected chi connectivity index (χ1v) is 11.2. The van der Waals surface area contributed by atoms with E-state index in [4.69, 9.17) is 9.72 Å². The molecule has 4 aromatic rings. The van der Waals surface area contributed by atoms with Gasteiger partial charge in [-0.25, -0.2) is 15.0 Å². The Bertz CT molecular complexity index is 1260. The van der Waals surface area contributed by atoms with Gasteiger partial charge in [0.2, 0.25) is 11.8 Å². The van der Waals surface area contributed by atoms with Gasteiger partial charge in [-0.05, 0) is 61.0 Å². The summed E-state index contributed by atoms with van der Waals surface area (Å²) in [6, 6.07) is 12.4. The maximum Gasteiger partial charge on any atom is 0.216 e. The Hall–Kier alpha value is -3.49. The van der Waals surface area contributed by atoms with Gasteiger partial charge in [0.15, 0.2) is 0 Å². The minimum atomic E-state index is 0.641.